The highest BCUT2D eigenvalue weighted by atomic mass is 16.5. The first-order valence-electron chi connectivity index (χ1n) is 4.99. The third kappa shape index (κ3) is 3.36. The Balaban J connectivity index is 2.87. The van der Waals surface area contributed by atoms with E-state index in [0.717, 1.165) is 0 Å². The van der Waals surface area contributed by atoms with Crippen molar-refractivity contribution < 1.29 is 14.6 Å². The minimum absolute atomic E-state index is 0.0712. The number of benzene rings is 1. The molecule has 1 unspecified atom stereocenters. The zero-order chi connectivity index (χ0) is 11.4. The Hall–Kier alpha value is -1.35. The monoisotopic (exact) mass is 208 g/mol. The first-order valence-corrected chi connectivity index (χ1v) is 4.99. The van der Waals surface area contributed by atoms with Gasteiger partial charge in [0.15, 0.2) is 5.78 Å². The van der Waals surface area contributed by atoms with Crippen LogP contribution < -0.4 is 4.74 Å². The molecule has 1 aromatic carbocycles. The summed E-state index contributed by atoms with van der Waals surface area (Å²) in [5.41, 5.74) is 0.475. The number of carbonyl (C=O) groups is 1. The standard InChI is InChI=1S/C12H16O3/c1-8(2)15-11-6-4-5-10(7-11)12(14)9(3)13/h4-9,13H,1-3H3. The zero-order valence-electron chi connectivity index (χ0n) is 9.23. The van der Waals surface area contributed by atoms with E-state index in [2.05, 4.69) is 0 Å². The maximum Gasteiger partial charge on any atom is 0.191 e. The molecule has 0 saturated carbocycles. The molecule has 0 heterocycles. The van der Waals surface area contributed by atoms with Crippen LogP contribution in [0.2, 0.25) is 0 Å². The molecule has 82 valence electrons. The molecule has 0 bridgehead atoms. The van der Waals surface area contributed by atoms with E-state index in [9.17, 15) is 4.79 Å². The lowest BCUT2D eigenvalue weighted by Gasteiger charge is -2.11. The molecule has 1 N–H and O–H groups in total. The number of carbonyl (C=O) groups excluding carboxylic acids is 1. The Morgan fingerprint density at radius 1 is 1.33 bits per heavy atom. The number of ketones is 1. The van der Waals surface area contributed by atoms with Crippen LogP contribution in [-0.2, 0) is 0 Å². The molecule has 0 amide bonds. The normalized spacial score (nSPS) is 12.6. The van der Waals surface area contributed by atoms with E-state index in [0.29, 0.717) is 11.3 Å². The predicted octanol–water partition coefficient (Wildman–Crippen LogP) is 2.04. The molecule has 15 heavy (non-hydrogen) atoms. The van der Waals surface area contributed by atoms with Crippen molar-refractivity contribution in [2.75, 3.05) is 0 Å². The quantitative estimate of drug-likeness (QED) is 0.770. The molecule has 1 aromatic rings. The van der Waals surface area contributed by atoms with E-state index >= 15 is 0 Å². The topological polar surface area (TPSA) is 46.5 Å². The van der Waals surface area contributed by atoms with Crippen molar-refractivity contribution in [1.29, 1.82) is 0 Å². The number of rotatable bonds is 4. The molecule has 0 aliphatic rings. The van der Waals surface area contributed by atoms with Gasteiger partial charge in [0.25, 0.3) is 0 Å². The summed E-state index contributed by atoms with van der Waals surface area (Å²) in [4.78, 5) is 11.5. The summed E-state index contributed by atoms with van der Waals surface area (Å²) in [6.45, 7) is 5.30. The van der Waals surface area contributed by atoms with Crippen molar-refractivity contribution in [2.24, 2.45) is 0 Å². The summed E-state index contributed by atoms with van der Waals surface area (Å²) < 4.78 is 5.45. The highest BCUT2D eigenvalue weighted by Crippen LogP contribution is 2.16. The Kier molecular flexibility index (Phi) is 3.86. The van der Waals surface area contributed by atoms with Crippen LogP contribution in [0.25, 0.3) is 0 Å². The van der Waals surface area contributed by atoms with Crippen LogP contribution in [0.15, 0.2) is 24.3 Å². The van der Waals surface area contributed by atoms with Gasteiger partial charge in [-0.25, -0.2) is 0 Å². The second-order valence-electron chi connectivity index (χ2n) is 3.73. The second kappa shape index (κ2) is 4.94. The molecule has 0 saturated heterocycles. The maximum absolute atomic E-state index is 11.5. The summed E-state index contributed by atoms with van der Waals surface area (Å²) in [5, 5.41) is 9.16. The summed E-state index contributed by atoms with van der Waals surface area (Å²) >= 11 is 0. The molecule has 0 aliphatic carbocycles. The number of aliphatic hydroxyl groups excluding tert-OH is 1. The Morgan fingerprint density at radius 3 is 2.53 bits per heavy atom. The molecule has 0 fully saturated rings. The minimum atomic E-state index is -0.973. The van der Waals surface area contributed by atoms with E-state index in [1.165, 1.54) is 6.92 Å². The molecule has 0 aromatic heterocycles. The van der Waals surface area contributed by atoms with Crippen LogP contribution in [0.4, 0.5) is 0 Å². The van der Waals surface area contributed by atoms with Crippen molar-refractivity contribution in [3.63, 3.8) is 0 Å². The Labute approximate surface area is 89.7 Å². The summed E-state index contributed by atoms with van der Waals surface area (Å²) in [7, 11) is 0. The molecular weight excluding hydrogens is 192 g/mol. The van der Waals surface area contributed by atoms with Crippen molar-refractivity contribution in [3.8, 4) is 5.75 Å². The largest absolute Gasteiger partial charge is 0.491 e. The fourth-order valence-electron chi connectivity index (χ4n) is 1.24. The van der Waals surface area contributed by atoms with Gasteiger partial charge in [-0.1, -0.05) is 12.1 Å². The van der Waals surface area contributed by atoms with Crippen molar-refractivity contribution in [1.82, 2.24) is 0 Å². The second-order valence-corrected chi connectivity index (χ2v) is 3.73. The zero-order valence-corrected chi connectivity index (χ0v) is 9.23. The SMILES string of the molecule is CC(C)Oc1cccc(C(=O)C(C)O)c1. The van der Waals surface area contributed by atoms with Gasteiger partial charge in [0.05, 0.1) is 6.10 Å². The van der Waals surface area contributed by atoms with Crippen LogP contribution in [0.1, 0.15) is 31.1 Å². The summed E-state index contributed by atoms with van der Waals surface area (Å²) in [6.07, 6.45) is -0.902. The summed E-state index contributed by atoms with van der Waals surface area (Å²) in [6, 6.07) is 6.85. The van der Waals surface area contributed by atoms with Gasteiger partial charge in [-0.05, 0) is 32.9 Å². The minimum Gasteiger partial charge on any atom is -0.491 e. The fraction of sp³-hybridized carbons (Fsp3) is 0.417. The molecule has 3 nitrogen and oxygen atoms in total. The highest BCUT2D eigenvalue weighted by molar-refractivity contribution is 5.99. The number of ether oxygens (including phenoxy) is 1. The van der Waals surface area contributed by atoms with Gasteiger partial charge in [0, 0.05) is 5.56 Å². The van der Waals surface area contributed by atoms with E-state index in [-0.39, 0.29) is 11.9 Å². The van der Waals surface area contributed by atoms with Crippen LogP contribution in [-0.4, -0.2) is 23.1 Å². The average molecular weight is 208 g/mol. The number of aliphatic hydroxyl groups is 1. The van der Waals surface area contributed by atoms with E-state index in [1.807, 2.05) is 13.8 Å². The smallest absolute Gasteiger partial charge is 0.191 e. The lowest BCUT2D eigenvalue weighted by atomic mass is 10.1. The van der Waals surface area contributed by atoms with Crippen LogP contribution in [0, 0.1) is 0 Å². The molecule has 1 rings (SSSR count). The molecule has 0 radical (unpaired) electrons. The molecule has 1 atom stereocenters. The molecule has 0 spiro atoms. The van der Waals surface area contributed by atoms with Crippen molar-refractivity contribution in [2.45, 2.75) is 33.0 Å². The maximum atomic E-state index is 11.5. The molecule has 3 heteroatoms. The van der Waals surface area contributed by atoms with Gasteiger partial charge < -0.3 is 9.84 Å². The highest BCUT2D eigenvalue weighted by Gasteiger charge is 2.12. The lowest BCUT2D eigenvalue weighted by molar-refractivity contribution is 0.0779. The van der Waals surface area contributed by atoms with Crippen molar-refractivity contribution >= 4 is 5.78 Å². The third-order valence-corrected chi connectivity index (χ3v) is 1.87. The van der Waals surface area contributed by atoms with Crippen molar-refractivity contribution in [3.05, 3.63) is 29.8 Å². The van der Waals surface area contributed by atoms with Gasteiger partial charge in [-0.15, -0.1) is 0 Å². The average Bonchev–Trinajstić information content (AvgIpc) is 2.16. The number of hydrogen-bond donors (Lipinski definition) is 1. The van der Waals surface area contributed by atoms with E-state index in [4.69, 9.17) is 9.84 Å². The van der Waals surface area contributed by atoms with Crippen LogP contribution in [0.5, 0.6) is 5.75 Å². The fourth-order valence-corrected chi connectivity index (χ4v) is 1.24. The first-order chi connectivity index (χ1) is 7.00. The van der Waals surface area contributed by atoms with E-state index < -0.39 is 6.10 Å². The summed E-state index contributed by atoms with van der Waals surface area (Å²) in [5.74, 6) is 0.362. The van der Waals surface area contributed by atoms with Crippen LogP contribution in [0.3, 0.4) is 0 Å². The molecular formula is C12H16O3. The Bertz CT molecular complexity index is 342. The van der Waals surface area contributed by atoms with Gasteiger partial charge >= 0.3 is 0 Å². The number of hydrogen-bond acceptors (Lipinski definition) is 3. The third-order valence-electron chi connectivity index (χ3n) is 1.87. The number of Topliss-reactive ketones (excluding diaryl/α,β-unsaturated/α-hetero) is 1. The van der Waals surface area contributed by atoms with E-state index in [1.54, 1.807) is 24.3 Å². The van der Waals surface area contributed by atoms with Gasteiger partial charge in [0.1, 0.15) is 11.9 Å². The van der Waals surface area contributed by atoms with Gasteiger partial charge in [-0.2, -0.15) is 0 Å². The Morgan fingerprint density at radius 2 is 2.00 bits per heavy atom. The first kappa shape index (κ1) is 11.7. The lowest BCUT2D eigenvalue weighted by Crippen LogP contribution is -2.16. The van der Waals surface area contributed by atoms with Gasteiger partial charge in [0.2, 0.25) is 0 Å². The van der Waals surface area contributed by atoms with Gasteiger partial charge in [-0.3, -0.25) is 4.79 Å². The predicted molar refractivity (Wildman–Crippen MR) is 58.2 cm³/mol. The molecule has 0 aliphatic heterocycles. The van der Waals surface area contributed by atoms with Crippen LogP contribution >= 0.6 is 0 Å².